The Morgan fingerprint density at radius 3 is 2.64 bits per heavy atom. The molecule has 0 aliphatic carbocycles. The summed E-state index contributed by atoms with van der Waals surface area (Å²) in [6.07, 6.45) is 2.53. The summed E-state index contributed by atoms with van der Waals surface area (Å²) < 4.78 is 0.779. The molecule has 0 spiro atoms. The number of thiocarbonyl (C=S) groups is 1. The number of halogens is 1. The van der Waals surface area contributed by atoms with Gasteiger partial charge in [0.15, 0.2) is 5.69 Å². The summed E-state index contributed by atoms with van der Waals surface area (Å²) in [5.41, 5.74) is 7.58. The van der Waals surface area contributed by atoms with Crippen LogP contribution in [0.3, 0.4) is 0 Å². The van der Waals surface area contributed by atoms with Crippen LogP contribution in [0.25, 0.3) is 20.5 Å². The van der Waals surface area contributed by atoms with Crippen LogP contribution in [-0.4, -0.2) is 21.0 Å². The minimum atomic E-state index is -0.566. The number of aryl methyl sites for hydroxylation is 1. The molecule has 0 bridgehead atoms. The van der Waals surface area contributed by atoms with Gasteiger partial charge in [0.1, 0.15) is 0 Å². The molecule has 0 radical (unpaired) electrons. The number of amides is 1. The molecule has 1 aromatic carbocycles. The molecule has 0 aliphatic rings. The fraction of sp³-hybridized carbons (Fsp3) is 0.222. The molecule has 3 aromatic rings. The summed E-state index contributed by atoms with van der Waals surface area (Å²) in [5.74, 6) is -0.566. The summed E-state index contributed by atoms with van der Waals surface area (Å²) in [7, 11) is 0. The fourth-order valence-electron chi connectivity index (χ4n) is 2.60. The van der Waals surface area contributed by atoms with Gasteiger partial charge in [-0.1, -0.05) is 36.0 Å². The molecule has 0 saturated heterocycles. The molecule has 0 unspecified atom stereocenters. The zero-order valence-electron chi connectivity index (χ0n) is 13.6. The van der Waals surface area contributed by atoms with E-state index in [9.17, 15) is 4.79 Å². The van der Waals surface area contributed by atoms with Gasteiger partial charge >= 0.3 is 0 Å². The standard InChI is InChI=1S/C18H16ClN3OS2/c1-10(24)3-2-4-14-13-9-15(11-5-7-12(19)8-6-11)25-17(13)16(18(20)23)22-21-14/h5-9H,2-4H2,1H3,(H2,20,23). The Labute approximate surface area is 160 Å². The predicted octanol–water partition coefficient (Wildman–Crippen LogP) is 4.82. The van der Waals surface area contributed by atoms with Gasteiger partial charge in [0.25, 0.3) is 5.91 Å². The Balaban J connectivity index is 2.06. The molecule has 25 heavy (non-hydrogen) atoms. The summed E-state index contributed by atoms with van der Waals surface area (Å²) in [4.78, 5) is 13.7. The van der Waals surface area contributed by atoms with Crippen LogP contribution in [0.2, 0.25) is 5.02 Å². The number of hydrogen-bond acceptors (Lipinski definition) is 5. The van der Waals surface area contributed by atoms with E-state index in [0.29, 0.717) is 5.02 Å². The molecule has 2 heterocycles. The molecule has 4 nitrogen and oxygen atoms in total. The van der Waals surface area contributed by atoms with E-state index in [0.717, 1.165) is 50.3 Å². The molecule has 2 N–H and O–H groups in total. The number of fused-ring (bicyclic) bond motifs is 1. The lowest BCUT2D eigenvalue weighted by molar-refractivity contribution is 0.0996. The van der Waals surface area contributed by atoms with Gasteiger partial charge in [-0.2, -0.15) is 5.10 Å². The quantitative estimate of drug-likeness (QED) is 0.613. The molecule has 3 rings (SSSR count). The first-order valence-electron chi connectivity index (χ1n) is 7.80. The van der Waals surface area contributed by atoms with E-state index in [1.54, 1.807) is 0 Å². The Hall–Kier alpha value is -1.89. The number of rotatable bonds is 6. The average molecular weight is 390 g/mol. The summed E-state index contributed by atoms with van der Waals surface area (Å²) >= 11 is 12.6. The van der Waals surface area contributed by atoms with Crippen LogP contribution in [0.15, 0.2) is 30.3 Å². The van der Waals surface area contributed by atoms with Gasteiger partial charge in [0.2, 0.25) is 0 Å². The molecule has 0 fully saturated rings. The number of nitrogens with zero attached hydrogens (tertiary/aromatic N) is 2. The Bertz CT molecular complexity index is 951. The van der Waals surface area contributed by atoms with E-state index in [1.807, 2.05) is 37.3 Å². The number of carbonyl (C=O) groups is 1. The molecule has 0 saturated carbocycles. The number of primary amides is 1. The second kappa shape index (κ2) is 7.56. The third kappa shape index (κ3) is 4.03. The number of benzene rings is 1. The third-order valence-electron chi connectivity index (χ3n) is 3.83. The zero-order valence-corrected chi connectivity index (χ0v) is 16.0. The maximum absolute atomic E-state index is 11.7. The largest absolute Gasteiger partial charge is 0.364 e. The molecule has 1 amide bonds. The first kappa shape index (κ1) is 17.9. The van der Waals surface area contributed by atoms with Crippen molar-refractivity contribution in [3.05, 3.63) is 46.7 Å². The summed E-state index contributed by atoms with van der Waals surface area (Å²) in [6.45, 7) is 1.94. The number of carbonyl (C=O) groups excluding carboxylic acids is 1. The van der Waals surface area contributed by atoms with Crippen LogP contribution < -0.4 is 5.73 Å². The lowest BCUT2D eigenvalue weighted by Gasteiger charge is -2.03. The van der Waals surface area contributed by atoms with E-state index in [4.69, 9.17) is 29.6 Å². The zero-order chi connectivity index (χ0) is 18.0. The van der Waals surface area contributed by atoms with Crippen molar-refractivity contribution in [2.45, 2.75) is 26.2 Å². The van der Waals surface area contributed by atoms with E-state index < -0.39 is 5.91 Å². The summed E-state index contributed by atoms with van der Waals surface area (Å²) in [5, 5.41) is 9.91. The molecular weight excluding hydrogens is 374 g/mol. The van der Waals surface area contributed by atoms with Crippen molar-refractivity contribution >= 4 is 56.0 Å². The molecule has 0 aliphatic heterocycles. The number of nitrogens with two attached hydrogens (primary N) is 1. The van der Waals surface area contributed by atoms with Crippen molar-refractivity contribution in [2.24, 2.45) is 5.73 Å². The smallest absolute Gasteiger partial charge is 0.270 e. The third-order valence-corrected chi connectivity index (χ3v) is 5.48. The lowest BCUT2D eigenvalue weighted by Crippen LogP contribution is -2.14. The van der Waals surface area contributed by atoms with Crippen LogP contribution in [0.1, 0.15) is 35.9 Å². The van der Waals surface area contributed by atoms with Crippen LogP contribution in [0.4, 0.5) is 0 Å². The maximum Gasteiger partial charge on any atom is 0.270 e. The highest BCUT2D eigenvalue weighted by atomic mass is 35.5. The fourth-order valence-corrected chi connectivity index (χ4v) is 4.04. The van der Waals surface area contributed by atoms with Crippen LogP contribution in [0.5, 0.6) is 0 Å². The topological polar surface area (TPSA) is 68.9 Å². The van der Waals surface area contributed by atoms with Gasteiger partial charge < -0.3 is 5.73 Å². The lowest BCUT2D eigenvalue weighted by atomic mass is 10.1. The molecule has 2 aromatic heterocycles. The highest BCUT2D eigenvalue weighted by Gasteiger charge is 2.17. The normalized spacial score (nSPS) is 11.0. The van der Waals surface area contributed by atoms with Crippen LogP contribution >= 0.6 is 35.2 Å². The van der Waals surface area contributed by atoms with Gasteiger partial charge in [0, 0.05) is 15.3 Å². The molecule has 128 valence electrons. The predicted molar refractivity (Wildman–Crippen MR) is 108 cm³/mol. The van der Waals surface area contributed by atoms with Crippen molar-refractivity contribution in [1.82, 2.24) is 10.2 Å². The molecular formula is C18H16ClN3OS2. The second-order valence-corrected chi connectivity index (χ2v) is 7.96. The van der Waals surface area contributed by atoms with Gasteiger partial charge in [-0.15, -0.1) is 16.4 Å². The highest BCUT2D eigenvalue weighted by molar-refractivity contribution is 7.80. The van der Waals surface area contributed by atoms with Crippen molar-refractivity contribution in [3.8, 4) is 10.4 Å². The first-order valence-corrected chi connectivity index (χ1v) is 9.40. The Morgan fingerprint density at radius 2 is 2.00 bits per heavy atom. The first-order chi connectivity index (χ1) is 12.0. The molecule has 0 atom stereocenters. The number of thiophene rings is 1. The molecule has 7 heteroatoms. The average Bonchev–Trinajstić information content (AvgIpc) is 3.00. The van der Waals surface area contributed by atoms with E-state index >= 15 is 0 Å². The van der Waals surface area contributed by atoms with E-state index in [-0.39, 0.29) is 5.69 Å². The monoisotopic (exact) mass is 389 g/mol. The van der Waals surface area contributed by atoms with Crippen molar-refractivity contribution < 1.29 is 4.79 Å². The van der Waals surface area contributed by atoms with Gasteiger partial charge in [-0.25, -0.2) is 0 Å². The number of aromatic nitrogens is 2. The Kier molecular flexibility index (Phi) is 5.42. The Morgan fingerprint density at radius 1 is 1.28 bits per heavy atom. The van der Waals surface area contributed by atoms with Gasteiger partial charge in [0.05, 0.1) is 10.4 Å². The minimum Gasteiger partial charge on any atom is -0.364 e. The van der Waals surface area contributed by atoms with E-state index in [1.165, 1.54) is 11.3 Å². The SMILES string of the molecule is CC(=S)CCCc1nnc(C(N)=O)c2sc(-c3ccc(Cl)cc3)cc12. The van der Waals surface area contributed by atoms with E-state index in [2.05, 4.69) is 10.2 Å². The van der Waals surface area contributed by atoms with Crippen molar-refractivity contribution in [1.29, 1.82) is 0 Å². The van der Waals surface area contributed by atoms with Gasteiger partial charge in [-0.05, 0) is 54.8 Å². The highest BCUT2D eigenvalue weighted by Crippen LogP contribution is 2.36. The van der Waals surface area contributed by atoms with Crippen molar-refractivity contribution in [3.63, 3.8) is 0 Å². The van der Waals surface area contributed by atoms with Crippen molar-refractivity contribution in [2.75, 3.05) is 0 Å². The van der Waals surface area contributed by atoms with Gasteiger partial charge in [-0.3, -0.25) is 4.79 Å². The minimum absolute atomic E-state index is 0.218. The van der Waals surface area contributed by atoms with Crippen LogP contribution in [0, 0.1) is 0 Å². The number of hydrogen-bond donors (Lipinski definition) is 1. The summed E-state index contributed by atoms with van der Waals surface area (Å²) in [6, 6.07) is 9.63. The van der Waals surface area contributed by atoms with Crippen LogP contribution in [-0.2, 0) is 6.42 Å². The second-order valence-electron chi connectivity index (χ2n) is 5.78. The maximum atomic E-state index is 11.7.